The molecule has 3 atom stereocenters. The molecule has 0 amide bonds. The van der Waals surface area contributed by atoms with Crippen molar-refractivity contribution in [3.63, 3.8) is 0 Å². The molecular formula is C18H25NO. The summed E-state index contributed by atoms with van der Waals surface area (Å²) in [7, 11) is 6.11. The molecule has 20 heavy (non-hydrogen) atoms. The number of ether oxygens (including phenoxy) is 1. The maximum Gasteiger partial charge on any atom is 0.119 e. The predicted molar refractivity (Wildman–Crippen MR) is 83.8 cm³/mol. The van der Waals surface area contributed by atoms with Crippen LogP contribution in [0.2, 0.25) is 0 Å². The first-order valence-corrected chi connectivity index (χ1v) is 7.68. The first-order chi connectivity index (χ1) is 9.67. The highest BCUT2D eigenvalue weighted by Gasteiger charge is 2.37. The first kappa shape index (κ1) is 13.7. The summed E-state index contributed by atoms with van der Waals surface area (Å²) in [4.78, 5) is 2.33. The summed E-state index contributed by atoms with van der Waals surface area (Å²) >= 11 is 0. The zero-order valence-electron chi connectivity index (χ0n) is 12.8. The highest BCUT2D eigenvalue weighted by Crippen LogP contribution is 2.48. The molecule has 2 unspecified atom stereocenters. The van der Waals surface area contributed by atoms with Crippen LogP contribution in [0, 0.1) is 17.8 Å². The molecule has 0 spiro atoms. The van der Waals surface area contributed by atoms with Gasteiger partial charge in [0.15, 0.2) is 0 Å². The third-order valence-corrected chi connectivity index (χ3v) is 4.86. The van der Waals surface area contributed by atoms with Crippen LogP contribution < -0.4 is 4.74 Å². The predicted octanol–water partition coefficient (Wildman–Crippen LogP) is 3.69. The molecule has 2 nitrogen and oxygen atoms in total. The molecule has 108 valence electrons. The van der Waals surface area contributed by atoms with Gasteiger partial charge in [0.1, 0.15) is 5.75 Å². The highest BCUT2D eigenvalue weighted by molar-refractivity contribution is 5.70. The third kappa shape index (κ3) is 2.62. The van der Waals surface area contributed by atoms with E-state index in [9.17, 15) is 0 Å². The average Bonchev–Trinajstić information content (AvgIpc) is 2.84. The van der Waals surface area contributed by atoms with Crippen molar-refractivity contribution in [3.05, 3.63) is 35.9 Å². The number of hydrogen-bond donors (Lipinski definition) is 0. The van der Waals surface area contributed by atoms with Crippen molar-refractivity contribution in [3.8, 4) is 5.75 Å². The molecule has 0 saturated heterocycles. The molecular weight excluding hydrogens is 246 g/mol. The van der Waals surface area contributed by atoms with Crippen molar-refractivity contribution in [2.75, 3.05) is 27.7 Å². The third-order valence-electron chi connectivity index (χ3n) is 4.86. The Labute approximate surface area is 122 Å². The van der Waals surface area contributed by atoms with Crippen LogP contribution in [-0.4, -0.2) is 32.6 Å². The van der Waals surface area contributed by atoms with Crippen molar-refractivity contribution in [2.45, 2.75) is 19.3 Å². The SMILES string of the molecule is COc1cccc(C2=CC3CCC(C3)[C@@H]2CN(C)C)c1. The Hall–Kier alpha value is -1.28. The molecule has 1 saturated carbocycles. The maximum absolute atomic E-state index is 5.39. The van der Waals surface area contributed by atoms with E-state index in [1.807, 2.05) is 6.07 Å². The van der Waals surface area contributed by atoms with Crippen LogP contribution >= 0.6 is 0 Å². The molecule has 0 N–H and O–H groups in total. The van der Waals surface area contributed by atoms with Gasteiger partial charge in [-0.15, -0.1) is 0 Å². The van der Waals surface area contributed by atoms with Gasteiger partial charge in [-0.05, 0) is 74.4 Å². The lowest BCUT2D eigenvalue weighted by atomic mass is 9.76. The molecule has 1 aromatic rings. The van der Waals surface area contributed by atoms with Gasteiger partial charge >= 0.3 is 0 Å². The van der Waals surface area contributed by atoms with Crippen molar-refractivity contribution in [1.82, 2.24) is 4.90 Å². The molecule has 0 aromatic heterocycles. The Morgan fingerprint density at radius 2 is 2.10 bits per heavy atom. The highest BCUT2D eigenvalue weighted by atomic mass is 16.5. The lowest BCUT2D eigenvalue weighted by Crippen LogP contribution is -2.29. The zero-order valence-corrected chi connectivity index (χ0v) is 12.8. The van der Waals surface area contributed by atoms with Crippen molar-refractivity contribution >= 4 is 5.57 Å². The minimum Gasteiger partial charge on any atom is -0.497 e. The minimum absolute atomic E-state index is 0.677. The van der Waals surface area contributed by atoms with Gasteiger partial charge < -0.3 is 9.64 Å². The largest absolute Gasteiger partial charge is 0.497 e. The number of hydrogen-bond acceptors (Lipinski definition) is 2. The molecule has 1 aromatic carbocycles. The van der Waals surface area contributed by atoms with E-state index in [0.29, 0.717) is 5.92 Å². The number of nitrogens with zero attached hydrogens (tertiary/aromatic N) is 1. The molecule has 2 bridgehead atoms. The van der Waals surface area contributed by atoms with Gasteiger partial charge in [-0.2, -0.15) is 0 Å². The van der Waals surface area contributed by atoms with Crippen molar-refractivity contribution in [2.24, 2.45) is 17.8 Å². The fourth-order valence-corrected chi connectivity index (χ4v) is 3.95. The number of rotatable bonds is 4. The number of benzene rings is 1. The maximum atomic E-state index is 5.39. The van der Waals surface area contributed by atoms with Crippen LogP contribution in [0.4, 0.5) is 0 Å². The Morgan fingerprint density at radius 1 is 1.25 bits per heavy atom. The van der Waals surface area contributed by atoms with Gasteiger partial charge in [-0.1, -0.05) is 18.2 Å². The van der Waals surface area contributed by atoms with E-state index in [-0.39, 0.29) is 0 Å². The fourth-order valence-electron chi connectivity index (χ4n) is 3.95. The molecule has 3 rings (SSSR count). The summed E-state index contributed by atoms with van der Waals surface area (Å²) < 4.78 is 5.39. The number of fused-ring (bicyclic) bond motifs is 2. The summed E-state index contributed by atoms with van der Waals surface area (Å²) in [5, 5.41) is 0. The van der Waals surface area contributed by atoms with Gasteiger partial charge in [0, 0.05) is 6.54 Å². The van der Waals surface area contributed by atoms with E-state index < -0.39 is 0 Å². The molecule has 2 aliphatic carbocycles. The quantitative estimate of drug-likeness (QED) is 0.828. The van der Waals surface area contributed by atoms with E-state index in [4.69, 9.17) is 4.74 Å². The second kappa shape index (κ2) is 5.61. The second-order valence-corrected chi connectivity index (χ2v) is 6.56. The normalized spacial score (nSPS) is 28.6. The van der Waals surface area contributed by atoms with E-state index in [1.54, 1.807) is 12.7 Å². The Bertz CT molecular complexity index is 506. The number of allylic oxidation sites excluding steroid dienone is 1. The van der Waals surface area contributed by atoms with Gasteiger partial charge in [-0.3, -0.25) is 0 Å². The zero-order chi connectivity index (χ0) is 14.1. The second-order valence-electron chi connectivity index (χ2n) is 6.56. The summed E-state index contributed by atoms with van der Waals surface area (Å²) in [6.07, 6.45) is 6.72. The van der Waals surface area contributed by atoms with E-state index in [0.717, 1.165) is 24.1 Å². The molecule has 2 aliphatic rings. The van der Waals surface area contributed by atoms with Gasteiger partial charge in [0.05, 0.1) is 7.11 Å². The summed E-state index contributed by atoms with van der Waals surface area (Å²) in [5.74, 6) is 3.31. The average molecular weight is 271 g/mol. The van der Waals surface area contributed by atoms with Crippen molar-refractivity contribution in [1.29, 1.82) is 0 Å². The molecule has 0 heterocycles. The summed E-state index contributed by atoms with van der Waals surface area (Å²) in [5.41, 5.74) is 2.91. The monoisotopic (exact) mass is 271 g/mol. The lowest BCUT2D eigenvalue weighted by molar-refractivity contribution is 0.289. The Kier molecular flexibility index (Phi) is 3.84. The van der Waals surface area contributed by atoms with Crippen LogP contribution in [0.1, 0.15) is 24.8 Å². The summed E-state index contributed by atoms with van der Waals surface area (Å²) in [6, 6.07) is 8.57. The van der Waals surface area contributed by atoms with Crippen LogP contribution in [0.5, 0.6) is 5.75 Å². The Balaban J connectivity index is 1.95. The Morgan fingerprint density at radius 3 is 2.85 bits per heavy atom. The number of methoxy groups -OCH3 is 1. The smallest absolute Gasteiger partial charge is 0.119 e. The molecule has 0 radical (unpaired) electrons. The minimum atomic E-state index is 0.677. The van der Waals surface area contributed by atoms with E-state index in [2.05, 4.69) is 43.3 Å². The molecule has 1 fully saturated rings. The van der Waals surface area contributed by atoms with E-state index >= 15 is 0 Å². The van der Waals surface area contributed by atoms with Crippen LogP contribution in [0.25, 0.3) is 5.57 Å². The first-order valence-electron chi connectivity index (χ1n) is 7.68. The van der Waals surface area contributed by atoms with E-state index in [1.165, 1.54) is 24.8 Å². The van der Waals surface area contributed by atoms with Crippen LogP contribution in [-0.2, 0) is 0 Å². The van der Waals surface area contributed by atoms with Crippen LogP contribution in [0.15, 0.2) is 30.3 Å². The topological polar surface area (TPSA) is 12.5 Å². The van der Waals surface area contributed by atoms with Gasteiger partial charge in [0.25, 0.3) is 0 Å². The fraction of sp³-hybridized carbons (Fsp3) is 0.556. The van der Waals surface area contributed by atoms with Gasteiger partial charge in [0.2, 0.25) is 0 Å². The van der Waals surface area contributed by atoms with Gasteiger partial charge in [-0.25, -0.2) is 0 Å². The standard InChI is InChI=1S/C18H25NO/c1-19(2)12-18-15-8-7-13(9-15)10-17(18)14-5-4-6-16(11-14)20-3/h4-6,10-11,13,15,18H,7-9,12H2,1-3H3/t13?,15?,18-/m0/s1. The van der Waals surface area contributed by atoms with Crippen molar-refractivity contribution < 1.29 is 4.74 Å². The molecule has 0 aliphatic heterocycles. The summed E-state index contributed by atoms with van der Waals surface area (Å²) in [6.45, 7) is 1.15. The van der Waals surface area contributed by atoms with Crippen LogP contribution in [0.3, 0.4) is 0 Å². The lowest BCUT2D eigenvalue weighted by Gasteiger charge is -2.32. The molecule has 2 heteroatoms.